The summed E-state index contributed by atoms with van der Waals surface area (Å²) in [6, 6.07) is 0. The summed E-state index contributed by atoms with van der Waals surface area (Å²) in [7, 11) is -1.72. The zero-order valence-electron chi connectivity index (χ0n) is 20.6. The summed E-state index contributed by atoms with van der Waals surface area (Å²) in [5.74, 6) is 2.24. The van der Waals surface area contributed by atoms with E-state index in [0.29, 0.717) is 24.5 Å². The predicted molar refractivity (Wildman–Crippen MR) is 125 cm³/mol. The molecule has 3 nitrogen and oxygen atoms in total. The van der Waals surface area contributed by atoms with Crippen LogP contribution in [0.5, 0.6) is 0 Å². The van der Waals surface area contributed by atoms with E-state index < -0.39 is 8.32 Å². The van der Waals surface area contributed by atoms with Crippen LogP contribution in [0.25, 0.3) is 0 Å². The highest BCUT2D eigenvalue weighted by atomic mass is 28.4. The van der Waals surface area contributed by atoms with Crippen LogP contribution in [-0.2, 0) is 14.0 Å². The number of hydrogen-bond donors (Lipinski definition) is 0. The van der Waals surface area contributed by atoms with Crippen molar-refractivity contribution in [3.05, 3.63) is 0 Å². The number of rotatable bonds is 9. The van der Waals surface area contributed by atoms with Gasteiger partial charge < -0.3 is 9.16 Å². The zero-order chi connectivity index (χ0) is 21.9. The first-order chi connectivity index (χ1) is 13.4. The number of carbonyl (C=O) groups is 1. The standard InChI is InChI=1S/C25H48O3Si/c1-9-27-23(26)15-11-10-13-19(2)20-16-17-21-22(14-12-18-25(20,21)6)28-29(7,8)24(3,4)5/h19-22H,9-18H2,1-8H3/t19-,20-,21+,22+,25-/m1/s1. The van der Waals surface area contributed by atoms with Gasteiger partial charge in [0.15, 0.2) is 8.32 Å². The van der Waals surface area contributed by atoms with Gasteiger partial charge in [0.1, 0.15) is 0 Å². The molecular weight excluding hydrogens is 376 g/mol. The number of carbonyl (C=O) groups excluding carboxylic acids is 1. The van der Waals surface area contributed by atoms with Crippen molar-refractivity contribution in [1.82, 2.24) is 0 Å². The monoisotopic (exact) mass is 424 g/mol. The summed E-state index contributed by atoms with van der Waals surface area (Å²) < 4.78 is 12.0. The second-order valence-corrected chi connectivity index (χ2v) is 16.4. The highest BCUT2D eigenvalue weighted by Gasteiger charge is 2.54. The molecule has 0 radical (unpaired) electrons. The number of fused-ring (bicyclic) bond motifs is 1. The van der Waals surface area contributed by atoms with E-state index in [1.165, 1.54) is 38.5 Å². The van der Waals surface area contributed by atoms with Gasteiger partial charge in [-0.05, 0) is 80.3 Å². The normalized spacial score (nSPS) is 31.4. The summed E-state index contributed by atoms with van der Waals surface area (Å²) in [6.45, 7) is 19.3. The smallest absolute Gasteiger partial charge is 0.305 e. The number of unbranched alkanes of at least 4 members (excludes halogenated alkanes) is 1. The lowest BCUT2D eigenvalue weighted by Crippen LogP contribution is -2.50. The van der Waals surface area contributed by atoms with Gasteiger partial charge in [0.05, 0.1) is 6.61 Å². The van der Waals surface area contributed by atoms with Crippen LogP contribution in [0.3, 0.4) is 0 Å². The molecule has 0 amide bonds. The Morgan fingerprint density at radius 1 is 1.17 bits per heavy atom. The van der Waals surface area contributed by atoms with Crippen LogP contribution in [0.2, 0.25) is 18.1 Å². The predicted octanol–water partition coefficient (Wildman–Crippen LogP) is 7.35. The van der Waals surface area contributed by atoms with Gasteiger partial charge in [0.2, 0.25) is 0 Å². The summed E-state index contributed by atoms with van der Waals surface area (Å²) >= 11 is 0. The lowest BCUT2D eigenvalue weighted by molar-refractivity contribution is -0.143. The molecule has 5 atom stereocenters. The molecule has 2 saturated carbocycles. The molecule has 0 unspecified atom stereocenters. The SMILES string of the molecule is CCOC(=O)CCCC[C@@H](C)[C@H]1CC[C@H]2[C@@H](O[Si](C)(C)C(C)(C)C)CCC[C@]12C. The number of esters is 1. The van der Waals surface area contributed by atoms with E-state index in [9.17, 15) is 4.79 Å². The summed E-state index contributed by atoms with van der Waals surface area (Å²) in [6.07, 6.45) is 11.0. The maximum atomic E-state index is 11.6. The average Bonchev–Trinajstić information content (AvgIpc) is 2.95. The molecule has 0 bridgehead atoms. The molecule has 0 N–H and O–H groups in total. The lowest BCUT2D eigenvalue weighted by Gasteiger charge is -2.50. The summed E-state index contributed by atoms with van der Waals surface area (Å²) in [5.41, 5.74) is 0.436. The fraction of sp³-hybridized carbons (Fsp3) is 0.960. The van der Waals surface area contributed by atoms with Crippen molar-refractivity contribution in [3.63, 3.8) is 0 Å². The topological polar surface area (TPSA) is 35.5 Å². The first-order valence-electron chi connectivity index (χ1n) is 12.3. The minimum Gasteiger partial charge on any atom is -0.466 e. The van der Waals surface area contributed by atoms with Crippen molar-refractivity contribution in [2.24, 2.45) is 23.2 Å². The Balaban J connectivity index is 1.94. The van der Waals surface area contributed by atoms with Crippen LogP contribution < -0.4 is 0 Å². The van der Waals surface area contributed by atoms with E-state index in [-0.39, 0.29) is 11.0 Å². The fourth-order valence-electron chi connectivity index (χ4n) is 5.96. The molecule has 0 heterocycles. The zero-order valence-corrected chi connectivity index (χ0v) is 21.6. The van der Waals surface area contributed by atoms with E-state index in [4.69, 9.17) is 9.16 Å². The Morgan fingerprint density at radius 2 is 1.86 bits per heavy atom. The van der Waals surface area contributed by atoms with Crippen molar-refractivity contribution in [1.29, 1.82) is 0 Å². The molecule has 2 aliphatic carbocycles. The van der Waals surface area contributed by atoms with Crippen LogP contribution >= 0.6 is 0 Å². The van der Waals surface area contributed by atoms with E-state index in [0.717, 1.165) is 30.6 Å². The van der Waals surface area contributed by atoms with E-state index in [1.54, 1.807) is 0 Å². The van der Waals surface area contributed by atoms with Gasteiger partial charge in [-0.2, -0.15) is 0 Å². The van der Waals surface area contributed by atoms with Crippen LogP contribution in [0.4, 0.5) is 0 Å². The van der Waals surface area contributed by atoms with E-state index >= 15 is 0 Å². The van der Waals surface area contributed by atoms with Crippen molar-refractivity contribution < 1.29 is 14.0 Å². The Bertz CT molecular complexity index is 539. The number of ether oxygens (including phenoxy) is 1. The first kappa shape index (κ1) is 24.9. The van der Waals surface area contributed by atoms with Gasteiger partial charge in [-0.3, -0.25) is 4.79 Å². The van der Waals surface area contributed by atoms with Crippen LogP contribution in [0.1, 0.15) is 99.3 Å². The quantitative estimate of drug-likeness (QED) is 0.220. The van der Waals surface area contributed by atoms with Crippen LogP contribution in [-0.4, -0.2) is 27.0 Å². The molecule has 0 aromatic carbocycles. The van der Waals surface area contributed by atoms with Gasteiger partial charge in [0, 0.05) is 12.5 Å². The van der Waals surface area contributed by atoms with Gasteiger partial charge in [-0.15, -0.1) is 0 Å². The maximum Gasteiger partial charge on any atom is 0.305 e. The van der Waals surface area contributed by atoms with Gasteiger partial charge in [0.25, 0.3) is 0 Å². The second-order valence-electron chi connectivity index (χ2n) is 11.6. The Labute approximate surface area is 181 Å². The maximum absolute atomic E-state index is 11.6. The Hall–Kier alpha value is -0.353. The fourth-order valence-corrected chi connectivity index (χ4v) is 7.35. The molecule has 0 spiro atoms. The molecule has 2 aliphatic rings. The Kier molecular flexibility index (Phi) is 8.46. The molecule has 4 heteroatoms. The second kappa shape index (κ2) is 9.85. The Morgan fingerprint density at radius 3 is 2.48 bits per heavy atom. The molecule has 0 aliphatic heterocycles. The van der Waals surface area contributed by atoms with E-state index in [2.05, 4.69) is 47.7 Å². The molecule has 2 fully saturated rings. The van der Waals surface area contributed by atoms with Crippen molar-refractivity contribution >= 4 is 14.3 Å². The third-order valence-corrected chi connectivity index (χ3v) is 13.2. The highest BCUT2D eigenvalue weighted by molar-refractivity contribution is 6.74. The molecule has 0 aromatic rings. The van der Waals surface area contributed by atoms with Crippen LogP contribution in [0, 0.1) is 23.2 Å². The van der Waals surface area contributed by atoms with Gasteiger partial charge >= 0.3 is 5.97 Å². The largest absolute Gasteiger partial charge is 0.466 e. The van der Waals surface area contributed by atoms with Crippen molar-refractivity contribution in [2.75, 3.05) is 6.61 Å². The molecular formula is C25H48O3Si. The minimum atomic E-state index is -1.72. The summed E-state index contributed by atoms with van der Waals surface area (Å²) in [4.78, 5) is 11.6. The van der Waals surface area contributed by atoms with E-state index in [1.807, 2.05) is 6.92 Å². The highest BCUT2D eigenvalue weighted by Crippen LogP contribution is 2.59. The van der Waals surface area contributed by atoms with Crippen molar-refractivity contribution in [2.45, 2.75) is 124 Å². The van der Waals surface area contributed by atoms with Gasteiger partial charge in [-0.1, -0.05) is 53.9 Å². The third kappa shape index (κ3) is 5.87. The first-order valence-corrected chi connectivity index (χ1v) is 15.2. The molecule has 29 heavy (non-hydrogen) atoms. The molecule has 2 rings (SSSR count). The lowest BCUT2D eigenvalue weighted by atomic mass is 9.61. The summed E-state index contributed by atoms with van der Waals surface area (Å²) in [5, 5.41) is 0.283. The van der Waals surface area contributed by atoms with Crippen molar-refractivity contribution in [3.8, 4) is 0 Å². The average molecular weight is 425 g/mol. The van der Waals surface area contributed by atoms with Crippen LogP contribution in [0.15, 0.2) is 0 Å². The molecule has 0 saturated heterocycles. The number of hydrogen-bond acceptors (Lipinski definition) is 3. The third-order valence-electron chi connectivity index (χ3n) is 8.67. The molecule has 0 aromatic heterocycles. The van der Waals surface area contributed by atoms with Gasteiger partial charge in [-0.25, -0.2) is 0 Å². The minimum absolute atomic E-state index is 0.0362. The molecule has 170 valence electrons.